The Morgan fingerprint density at radius 2 is 1.86 bits per heavy atom. The molecule has 0 saturated carbocycles. The van der Waals surface area contributed by atoms with Gasteiger partial charge >= 0.3 is 0 Å². The summed E-state index contributed by atoms with van der Waals surface area (Å²) in [7, 11) is -2.93. The van der Waals surface area contributed by atoms with Gasteiger partial charge in [0.25, 0.3) is 0 Å². The number of carbonyl (C=O) groups is 1. The highest BCUT2D eigenvalue weighted by atomic mass is 32.2. The molecule has 0 aromatic heterocycles. The number of likely N-dealkylation sites (tertiary alicyclic amines) is 1. The second kappa shape index (κ2) is 7.71. The minimum Gasteiger partial charge on any atom is -0.337 e. The Labute approximate surface area is 171 Å². The van der Waals surface area contributed by atoms with E-state index in [2.05, 4.69) is 24.2 Å². The summed E-state index contributed by atoms with van der Waals surface area (Å²) in [6.07, 6.45) is 3.79. The maximum Gasteiger partial charge on any atom is 0.227 e. The molecule has 0 bridgehead atoms. The van der Waals surface area contributed by atoms with E-state index in [1.165, 1.54) is 18.2 Å². The molecule has 1 amide bonds. The van der Waals surface area contributed by atoms with Gasteiger partial charge in [0.1, 0.15) is 0 Å². The molecular formula is C20H27N3O3S2. The standard InChI is InChI=1S/C20H27N3O3S2/c1-13-4-3-5-14(2)23(13)19(24)10-15-6-8-16(9-7-15)21-20-22-17-11-28(25,26)12-18(17)27-20/h6-9,13-14,17-18H,3-5,10-12H2,1-2H3,(H,21,22)/t13-,14-,17+,18-/m1/s1. The molecule has 152 valence electrons. The summed E-state index contributed by atoms with van der Waals surface area (Å²) in [5.74, 6) is 0.570. The highest BCUT2D eigenvalue weighted by Crippen LogP contribution is 2.34. The number of nitrogens with zero attached hydrogens (tertiary/aromatic N) is 2. The third kappa shape index (κ3) is 4.22. The van der Waals surface area contributed by atoms with E-state index in [1.807, 2.05) is 29.2 Å². The van der Waals surface area contributed by atoms with E-state index in [9.17, 15) is 13.2 Å². The van der Waals surface area contributed by atoms with Crippen molar-refractivity contribution >= 4 is 38.4 Å². The van der Waals surface area contributed by atoms with E-state index >= 15 is 0 Å². The van der Waals surface area contributed by atoms with Crippen LogP contribution in [0, 0.1) is 0 Å². The lowest BCUT2D eigenvalue weighted by molar-refractivity contribution is -0.136. The number of amidine groups is 1. The molecule has 8 heteroatoms. The van der Waals surface area contributed by atoms with Gasteiger partial charge < -0.3 is 10.2 Å². The monoisotopic (exact) mass is 421 g/mol. The number of rotatable bonds is 3. The van der Waals surface area contributed by atoms with Gasteiger partial charge in [-0.05, 0) is 50.8 Å². The van der Waals surface area contributed by atoms with E-state index in [4.69, 9.17) is 0 Å². The Kier molecular flexibility index (Phi) is 5.44. The van der Waals surface area contributed by atoms with E-state index in [1.54, 1.807) is 0 Å². The first-order chi connectivity index (χ1) is 13.3. The molecular weight excluding hydrogens is 394 g/mol. The Hall–Kier alpha value is -1.54. The van der Waals surface area contributed by atoms with Gasteiger partial charge in [0.05, 0.1) is 24.0 Å². The van der Waals surface area contributed by atoms with Crippen molar-refractivity contribution in [2.75, 3.05) is 16.8 Å². The fourth-order valence-corrected chi connectivity index (χ4v) is 8.10. The predicted octanol–water partition coefficient (Wildman–Crippen LogP) is 2.70. The summed E-state index contributed by atoms with van der Waals surface area (Å²) in [6.45, 7) is 4.28. The van der Waals surface area contributed by atoms with Crippen LogP contribution < -0.4 is 5.32 Å². The molecule has 2 saturated heterocycles. The predicted molar refractivity (Wildman–Crippen MR) is 115 cm³/mol. The molecule has 28 heavy (non-hydrogen) atoms. The summed E-state index contributed by atoms with van der Waals surface area (Å²) in [5.41, 5.74) is 1.91. The highest BCUT2D eigenvalue weighted by molar-refractivity contribution is 8.15. The summed E-state index contributed by atoms with van der Waals surface area (Å²) in [4.78, 5) is 19.3. The lowest BCUT2D eigenvalue weighted by atomic mass is 9.96. The SMILES string of the molecule is C[C@@H]1CCC[C@@H](C)N1C(=O)Cc1ccc(NC2=N[C@H]3CS(=O)(=O)C[C@H]3S2)cc1. The van der Waals surface area contributed by atoms with Crippen LogP contribution in [0.2, 0.25) is 0 Å². The zero-order valence-electron chi connectivity index (χ0n) is 16.3. The number of nitrogens with one attached hydrogen (secondary N) is 1. The number of thioether (sulfide) groups is 1. The van der Waals surface area contributed by atoms with E-state index < -0.39 is 9.84 Å². The first-order valence-electron chi connectivity index (χ1n) is 9.93. The van der Waals surface area contributed by atoms with Crippen molar-refractivity contribution in [2.24, 2.45) is 4.99 Å². The van der Waals surface area contributed by atoms with E-state index in [0.717, 1.165) is 29.3 Å². The molecule has 1 aromatic carbocycles. The van der Waals surface area contributed by atoms with Crippen molar-refractivity contribution in [1.82, 2.24) is 4.90 Å². The Balaban J connectivity index is 1.35. The molecule has 1 N–H and O–H groups in total. The summed E-state index contributed by atoms with van der Waals surface area (Å²) in [6, 6.07) is 8.38. The number of fused-ring (bicyclic) bond motifs is 1. The van der Waals surface area contributed by atoms with Crippen LogP contribution in [0.3, 0.4) is 0 Å². The van der Waals surface area contributed by atoms with Crippen molar-refractivity contribution in [3.63, 3.8) is 0 Å². The van der Waals surface area contributed by atoms with Gasteiger partial charge in [-0.1, -0.05) is 23.9 Å². The lowest BCUT2D eigenvalue weighted by Gasteiger charge is -2.39. The molecule has 4 atom stereocenters. The molecule has 3 aliphatic rings. The maximum absolute atomic E-state index is 12.8. The van der Waals surface area contributed by atoms with Gasteiger partial charge in [-0.2, -0.15) is 0 Å². The molecule has 4 rings (SSSR count). The first kappa shape index (κ1) is 19.8. The summed E-state index contributed by atoms with van der Waals surface area (Å²) < 4.78 is 23.3. The Morgan fingerprint density at radius 3 is 2.50 bits per heavy atom. The summed E-state index contributed by atoms with van der Waals surface area (Å²) >= 11 is 1.51. The number of carbonyl (C=O) groups excluding carboxylic acids is 1. The van der Waals surface area contributed by atoms with Crippen molar-refractivity contribution in [3.05, 3.63) is 29.8 Å². The number of amides is 1. The van der Waals surface area contributed by atoms with E-state index in [0.29, 0.717) is 18.5 Å². The van der Waals surface area contributed by atoms with Crippen molar-refractivity contribution in [3.8, 4) is 0 Å². The number of piperidine rings is 1. The van der Waals surface area contributed by atoms with Crippen LogP contribution in [-0.4, -0.2) is 59.3 Å². The van der Waals surface area contributed by atoms with E-state index in [-0.39, 0.29) is 28.7 Å². The third-order valence-electron chi connectivity index (χ3n) is 5.86. The fraction of sp³-hybridized carbons (Fsp3) is 0.600. The van der Waals surface area contributed by atoms with Crippen molar-refractivity contribution < 1.29 is 13.2 Å². The van der Waals surface area contributed by atoms with Gasteiger partial charge in [-0.3, -0.25) is 9.79 Å². The number of anilines is 1. The molecule has 0 radical (unpaired) electrons. The topological polar surface area (TPSA) is 78.8 Å². The zero-order valence-corrected chi connectivity index (χ0v) is 17.9. The Morgan fingerprint density at radius 1 is 1.18 bits per heavy atom. The molecule has 6 nitrogen and oxygen atoms in total. The lowest BCUT2D eigenvalue weighted by Crippen LogP contribution is -2.48. The van der Waals surface area contributed by atoms with Crippen molar-refractivity contribution in [1.29, 1.82) is 0 Å². The van der Waals surface area contributed by atoms with Gasteiger partial charge in [-0.15, -0.1) is 0 Å². The first-order valence-corrected chi connectivity index (χ1v) is 12.6. The largest absolute Gasteiger partial charge is 0.337 e. The smallest absolute Gasteiger partial charge is 0.227 e. The molecule has 3 heterocycles. The minimum absolute atomic E-state index is 0.0397. The summed E-state index contributed by atoms with van der Waals surface area (Å²) in [5, 5.41) is 4.10. The van der Waals surface area contributed by atoms with Crippen LogP contribution in [0.4, 0.5) is 5.69 Å². The van der Waals surface area contributed by atoms with Crippen molar-refractivity contribution in [2.45, 2.75) is 62.9 Å². The van der Waals surface area contributed by atoms with Gasteiger partial charge in [0.2, 0.25) is 5.91 Å². The zero-order chi connectivity index (χ0) is 19.9. The number of hydrogen-bond donors (Lipinski definition) is 1. The van der Waals surface area contributed by atoms with Crippen LogP contribution in [-0.2, 0) is 21.1 Å². The number of sulfone groups is 1. The number of hydrogen-bond acceptors (Lipinski definition) is 6. The normalized spacial score (nSPS) is 31.4. The van der Waals surface area contributed by atoms with Crippen LogP contribution in [0.1, 0.15) is 38.7 Å². The second-order valence-corrected chi connectivity index (χ2v) is 11.5. The second-order valence-electron chi connectivity index (χ2n) is 8.16. The molecule has 1 aromatic rings. The van der Waals surface area contributed by atoms with Gasteiger partial charge in [0.15, 0.2) is 15.0 Å². The van der Waals surface area contributed by atoms with Crippen LogP contribution >= 0.6 is 11.8 Å². The molecule has 0 unspecified atom stereocenters. The molecule has 0 aliphatic carbocycles. The van der Waals surface area contributed by atoms with Gasteiger partial charge in [-0.25, -0.2) is 8.42 Å². The van der Waals surface area contributed by atoms with Gasteiger partial charge in [0, 0.05) is 23.0 Å². The molecule has 2 fully saturated rings. The molecule has 3 aliphatic heterocycles. The minimum atomic E-state index is -2.93. The number of aliphatic imine (C=N–C) groups is 1. The van der Waals surface area contributed by atoms with Crippen LogP contribution in [0.5, 0.6) is 0 Å². The maximum atomic E-state index is 12.8. The quantitative estimate of drug-likeness (QED) is 0.812. The average molecular weight is 422 g/mol. The highest BCUT2D eigenvalue weighted by Gasteiger charge is 2.42. The Bertz CT molecular complexity index is 872. The average Bonchev–Trinajstić information content (AvgIpc) is 3.09. The molecule has 0 spiro atoms. The number of benzene rings is 1. The fourth-order valence-electron chi connectivity index (χ4n) is 4.42. The third-order valence-corrected chi connectivity index (χ3v) is 9.00. The van der Waals surface area contributed by atoms with Crippen LogP contribution in [0.25, 0.3) is 0 Å². The van der Waals surface area contributed by atoms with Crippen LogP contribution in [0.15, 0.2) is 29.3 Å².